The van der Waals surface area contributed by atoms with Crippen molar-refractivity contribution >= 4 is 10.1 Å². The van der Waals surface area contributed by atoms with E-state index in [2.05, 4.69) is 0 Å². The molecule has 3 nitrogen and oxygen atoms in total. The predicted molar refractivity (Wildman–Crippen MR) is 38.7 cm³/mol. The van der Waals surface area contributed by atoms with Crippen LogP contribution in [0.25, 0.3) is 0 Å². The van der Waals surface area contributed by atoms with Crippen molar-refractivity contribution in [2.75, 3.05) is 0 Å². The van der Waals surface area contributed by atoms with E-state index in [-0.39, 0.29) is 58.2 Å². The Labute approximate surface area is 117 Å². The van der Waals surface area contributed by atoms with Crippen molar-refractivity contribution in [1.29, 1.82) is 0 Å². The fourth-order valence-corrected chi connectivity index (χ4v) is 1.81. The van der Waals surface area contributed by atoms with Gasteiger partial charge >= 0.3 is 58.2 Å². The minimum absolute atomic E-state index is 0. The summed E-state index contributed by atoms with van der Waals surface area (Å²) in [4.78, 5) is 0. The third kappa shape index (κ3) is 6.84. The maximum atomic E-state index is 10.4. The van der Waals surface area contributed by atoms with Crippen LogP contribution in [0.3, 0.4) is 0 Å². The molecule has 1 unspecified atom stereocenters. The second-order valence-electron chi connectivity index (χ2n) is 2.31. The summed E-state index contributed by atoms with van der Waals surface area (Å²) in [6.07, 6.45) is 1.67. The van der Waals surface area contributed by atoms with Crippen molar-refractivity contribution in [3.05, 3.63) is 0 Å². The molecular formula is C6H13O3RbS. The van der Waals surface area contributed by atoms with Crippen molar-refractivity contribution in [2.24, 2.45) is 0 Å². The first kappa shape index (κ1) is 15.2. The summed E-state index contributed by atoms with van der Waals surface area (Å²) in [6, 6.07) is 0. The standard InChI is InChI=1S/C6H14O3S.Rb/c1-3-5-6(4-2)10(7,8)9;/h6H,3-5H2,1-2H3,(H,7,8,9);/q;+1/p-1. The van der Waals surface area contributed by atoms with Crippen LogP contribution in [-0.2, 0) is 10.1 Å². The monoisotopic (exact) mass is 250 g/mol. The smallest absolute Gasteiger partial charge is 0.748 e. The Morgan fingerprint density at radius 2 is 1.82 bits per heavy atom. The van der Waals surface area contributed by atoms with E-state index in [1.165, 1.54) is 0 Å². The Bertz CT molecular complexity index is 176. The Morgan fingerprint density at radius 1 is 1.36 bits per heavy atom. The molecular weight excluding hydrogens is 238 g/mol. The second kappa shape index (κ2) is 7.15. The van der Waals surface area contributed by atoms with E-state index < -0.39 is 15.4 Å². The maximum Gasteiger partial charge on any atom is 1.00 e. The molecule has 0 heterocycles. The molecule has 0 aromatic rings. The summed E-state index contributed by atoms with van der Waals surface area (Å²) < 4.78 is 31.2. The van der Waals surface area contributed by atoms with Gasteiger partial charge in [0.25, 0.3) is 0 Å². The van der Waals surface area contributed by atoms with Crippen LogP contribution in [0.2, 0.25) is 0 Å². The van der Waals surface area contributed by atoms with Gasteiger partial charge in [-0.05, 0) is 12.8 Å². The van der Waals surface area contributed by atoms with Crippen molar-refractivity contribution in [2.45, 2.75) is 38.4 Å². The van der Waals surface area contributed by atoms with Gasteiger partial charge < -0.3 is 4.55 Å². The summed E-state index contributed by atoms with van der Waals surface area (Å²) in [5, 5.41) is -0.669. The molecule has 0 amide bonds. The van der Waals surface area contributed by atoms with E-state index in [1.807, 2.05) is 6.92 Å². The molecule has 0 N–H and O–H groups in total. The topological polar surface area (TPSA) is 57.2 Å². The van der Waals surface area contributed by atoms with Crippen LogP contribution in [-0.4, -0.2) is 18.2 Å². The van der Waals surface area contributed by atoms with Crippen LogP contribution in [0, 0.1) is 0 Å². The molecule has 0 aliphatic heterocycles. The van der Waals surface area contributed by atoms with Crippen LogP contribution in [0.1, 0.15) is 33.1 Å². The Hall–Kier alpha value is 1.72. The van der Waals surface area contributed by atoms with Gasteiger partial charge in [-0.3, -0.25) is 0 Å². The normalized spacial score (nSPS) is 13.7. The molecule has 0 aromatic carbocycles. The van der Waals surface area contributed by atoms with Crippen LogP contribution >= 0.6 is 0 Å². The van der Waals surface area contributed by atoms with E-state index in [9.17, 15) is 13.0 Å². The molecule has 0 rings (SSSR count). The SMILES string of the molecule is CCCC(CC)S(=O)(=O)[O-].[Rb+]. The van der Waals surface area contributed by atoms with Gasteiger partial charge in [0.15, 0.2) is 0 Å². The summed E-state index contributed by atoms with van der Waals surface area (Å²) >= 11 is 0. The Kier molecular flexibility index (Phi) is 9.88. The zero-order valence-electron chi connectivity index (χ0n) is 7.33. The minimum atomic E-state index is -4.03. The maximum absolute atomic E-state index is 10.4. The third-order valence-corrected chi connectivity index (χ3v) is 2.86. The largest absolute Gasteiger partial charge is 1.00 e. The first-order valence-electron chi connectivity index (χ1n) is 3.47. The van der Waals surface area contributed by atoms with Gasteiger partial charge in [0.05, 0.1) is 10.1 Å². The van der Waals surface area contributed by atoms with Crippen LogP contribution in [0.4, 0.5) is 0 Å². The molecule has 1 atom stereocenters. The predicted octanol–water partition coefficient (Wildman–Crippen LogP) is -1.89. The van der Waals surface area contributed by atoms with Gasteiger partial charge in [-0.2, -0.15) is 0 Å². The zero-order chi connectivity index (χ0) is 8.20. The van der Waals surface area contributed by atoms with Crippen molar-refractivity contribution in [3.8, 4) is 0 Å². The molecule has 62 valence electrons. The van der Waals surface area contributed by atoms with Crippen molar-refractivity contribution in [1.82, 2.24) is 0 Å². The summed E-state index contributed by atoms with van der Waals surface area (Å²) in [5.74, 6) is 0. The molecule has 0 fully saturated rings. The molecule has 5 heteroatoms. The fourth-order valence-electron chi connectivity index (χ4n) is 0.875. The van der Waals surface area contributed by atoms with E-state index in [1.54, 1.807) is 6.92 Å². The van der Waals surface area contributed by atoms with Crippen LogP contribution < -0.4 is 58.2 Å². The second-order valence-corrected chi connectivity index (χ2v) is 3.96. The van der Waals surface area contributed by atoms with E-state index in [0.717, 1.165) is 6.42 Å². The Balaban J connectivity index is 0. The zero-order valence-corrected chi connectivity index (χ0v) is 13.1. The fraction of sp³-hybridized carbons (Fsp3) is 1.00. The van der Waals surface area contributed by atoms with Gasteiger partial charge in [-0.25, -0.2) is 8.42 Å². The van der Waals surface area contributed by atoms with Gasteiger partial charge in [-0.1, -0.05) is 20.3 Å². The van der Waals surface area contributed by atoms with Crippen molar-refractivity contribution < 1.29 is 71.2 Å². The molecule has 0 radical (unpaired) electrons. The molecule has 0 spiro atoms. The van der Waals surface area contributed by atoms with Gasteiger partial charge in [0, 0.05) is 5.25 Å². The Morgan fingerprint density at radius 3 is 1.91 bits per heavy atom. The quantitative estimate of drug-likeness (QED) is 0.549. The molecule has 11 heavy (non-hydrogen) atoms. The van der Waals surface area contributed by atoms with Crippen LogP contribution in [0.15, 0.2) is 0 Å². The van der Waals surface area contributed by atoms with Gasteiger partial charge in [-0.15, -0.1) is 0 Å². The average molecular weight is 251 g/mol. The number of rotatable bonds is 4. The average Bonchev–Trinajstić information content (AvgIpc) is 1.80. The van der Waals surface area contributed by atoms with Gasteiger partial charge in [0.1, 0.15) is 0 Å². The third-order valence-electron chi connectivity index (χ3n) is 1.47. The van der Waals surface area contributed by atoms with Crippen LogP contribution in [0.5, 0.6) is 0 Å². The minimum Gasteiger partial charge on any atom is -0.748 e. The van der Waals surface area contributed by atoms with Crippen molar-refractivity contribution in [3.63, 3.8) is 0 Å². The molecule has 0 saturated heterocycles. The summed E-state index contributed by atoms with van der Waals surface area (Å²) in [5.41, 5.74) is 0. The van der Waals surface area contributed by atoms with E-state index in [0.29, 0.717) is 12.8 Å². The van der Waals surface area contributed by atoms with Gasteiger partial charge in [0.2, 0.25) is 0 Å². The molecule has 0 aliphatic rings. The first-order valence-corrected chi connectivity index (χ1v) is 4.94. The summed E-state index contributed by atoms with van der Waals surface area (Å²) in [6.45, 7) is 3.59. The molecule has 0 bridgehead atoms. The molecule has 0 aromatic heterocycles. The van der Waals surface area contributed by atoms with E-state index >= 15 is 0 Å². The number of hydrogen-bond donors (Lipinski definition) is 0. The number of hydrogen-bond acceptors (Lipinski definition) is 3. The molecule has 0 aliphatic carbocycles. The van der Waals surface area contributed by atoms with E-state index in [4.69, 9.17) is 0 Å². The molecule has 0 saturated carbocycles. The summed E-state index contributed by atoms with van der Waals surface area (Å²) in [7, 11) is -4.03. The first-order chi connectivity index (χ1) is 4.52.